The normalized spacial score (nSPS) is 17.9. The van der Waals surface area contributed by atoms with Gasteiger partial charge in [0.2, 0.25) is 5.16 Å². The van der Waals surface area contributed by atoms with E-state index in [0.29, 0.717) is 0 Å². The molecule has 0 bridgehead atoms. The Bertz CT molecular complexity index is 715. The Hall–Kier alpha value is -1.62. The molecule has 2 heterocycles. The van der Waals surface area contributed by atoms with Crippen LogP contribution in [0.25, 0.3) is 0 Å². The number of fused-ring (bicyclic) bond motifs is 1. The van der Waals surface area contributed by atoms with Gasteiger partial charge in [-0.15, -0.1) is 10.2 Å². The molecule has 104 valence electrons. The molecule has 0 saturated carbocycles. The first-order chi connectivity index (χ1) is 9.47. The lowest BCUT2D eigenvalue weighted by atomic mass is 9.96. The summed E-state index contributed by atoms with van der Waals surface area (Å²) in [5.41, 5.74) is 6.23. The van der Waals surface area contributed by atoms with Crippen LogP contribution in [-0.4, -0.2) is 25.8 Å². The maximum atomic E-state index is 4.78. The topological polar surface area (TPSA) is 43.1 Å². The SMILES string of the molecule is Cc1cc(C)c(C2=Nn3c(C)nnc3S[C@@H]2C)cc1C. The van der Waals surface area contributed by atoms with Crippen LogP contribution >= 0.6 is 11.8 Å². The van der Waals surface area contributed by atoms with Crippen molar-refractivity contribution in [3.8, 4) is 0 Å². The van der Waals surface area contributed by atoms with Crippen molar-refractivity contribution < 1.29 is 0 Å². The van der Waals surface area contributed by atoms with Gasteiger partial charge in [0.1, 0.15) is 0 Å². The number of thioether (sulfide) groups is 1. The van der Waals surface area contributed by atoms with Gasteiger partial charge in [-0.25, -0.2) is 0 Å². The van der Waals surface area contributed by atoms with Crippen LogP contribution in [0.15, 0.2) is 22.4 Å². The lowest BCUT2D eigenvalue weighted by Gasteiger charge is -2.21. The maximum Gasteiger partial charge on any atom is 0.212 e. The maximum absolute atomic E-state index is 4.78. The van der Waals surface area contributed by atoms with Gasteiger partial charge in [0.25, 0.3) is 0 Å². The highest BCUT2D eigenvalue weighted by atomic mass is 32.2. The highest BCUT2D eigenvalue weighted by Crippen LogP contribution is 2.31. The molecule has 0 radical (unpaired) electrons. The Morgan fingerprint density at radius 1 is 1.00 bits per heavy atom. The minimum atomic E-state index is 0.284. The van der Waals surface area contributed by atoms with Gasteiger partial charge in [0.15, 0.2) is 5.82 Å². The lowest BCUT2D eigenvalue weighted by Crippen LogP contribution is -2.23. The van der Waals surface area contributed by atoms with E-state index >= 15 is 0 Å². The van der Waals surface area contributed by atoms with Crippen molar-refractivity contribution >= 4 is 17.5 Å². The molecule has 0 N–H and O–H groups in total. The molecule has 0 aliphatic carbocycles. The van der Waals surface area contributed by atoms with E-state index in [4.69, 9.17) is 5.10 Å². The van der Waals surface area contributed by atoms with Crippen LogP contribution in [0.5, 0.6) is 0 Å². The van der Waals surface area contributed by atoms with Gasteiger partial charge in [0, 0.05) is 5.56 Å². The molecule has 1 aromatic carbocycles. The fourth-order valence-corrected chi connectivity index (χ4v) is 3.40. The highest BCUT2D eigenvalue weighted by molar-refractivity contribution is 8.00. The van der Waals surface area contributed by atoms with Gasteiger partial charge in [-0.05, 0) is 57.4 Å². The van der Waals surface area contributed by atoms with Crippen LogP contribution in [0.1, 0.15) is 35.0 Å². The van der Waals surface area contributed by atoms with E-state index in [1.54, 1.807) is 11.8 Å². The van der Waals surface area contributed by atoms with Crippen LogP contribution in [0.3, 0.4) is 0 Å². The third-order valence-electron chi connectivity index (χ3n) is 3.76. The third-order valence-corrected chi connectivity index (χ3v) is 4.80. The van der Waals surface area contributed by atoms with E-state index in [2.05, 4.69) is 50.0 Å². The second-order valence-corrected chi connectivity index (χ2v) is 6.65. The van der Waals surface area contributed by atoms with Gasteiger partial charge in [0.05, 0.1) is 11.0 Å². The summed E-state index contributed by atoms with van der Waals surface area (Å²) >= 11 is 1.71. The Balaban J connectivity index is 2.17. The molecule has 0 saturated heterocycles. The monoisotopic (exact) mass is 286 g/mol. The summed E-state index contributed by atoms with van der Waals surface area (Å²) in [4.78, 5) is 0. The van der Waals surface area contributed by atoms with Crippen molar-refractivity contribution in [1.29, 1.82) is 0 Å². The predicted octanol–water partition coefficient (Wildman–Crippen LogP) is 3.26. The minimum Gasteiger partial charge on any atom is -0.191 e. The van der Waals surface area contributed by atoms with E-state index in [9.17, 15) is 0 Å². The summed E-state index contributed by atoms with van der Waals surface area (Å²) in [6.45, 7) is 10.5. The van der Waals surface area contributed by atoms with Gasteiger partial charge >= 0.3 is 0 Å². The number of benzene rings is 1. The lowest BCUT2D eigenvalue weighted by molar-refractivity contribution is 0.727. The van der Waals surface area contributed by atoms with Crippen LogP contribution in [0.4, 0.5) is 0 Å². The number of hydrogen-bond donors (Lipinski definition) is 0. The van der Waals surface area contributed by atoms with Crippen molar-refractivity contribution in [1.82, 2.24) is 14.9 Å². The Kier molecular flexibility index (Phi) is 3.17. The first kappa shape index (κ1) is 13.4. The second kappa shape index (κ2) is 4.74. The van der Waals surface area contributed by atoms with E-state index in [1.165, 1.54) is 22.3 Å². The average molecular weight is 286 g/mol. The summed E-state index contributed by atoms with van der Waals surface area (Å²) < 4.78 is 1.84. The van der Waals surface area contributed by atoms with Crippen LogP contribution in [0, 0.1) is 27.7 Å². The highest BCUT2D eigenvalue weighted by Gasteiger charge is 2.25. The molecule has 0 spiro atoms. The van der Waals surface area contributed by atoms with E-state index in [1.807, 2.05) is 11.6 Å². The van der Waals surface area contributed by atoms with Crippen molar-refractivity contribution in [2.45, 2.75) is 45.0 Å². The molecule has 0 amide bonds. The molecule has 1 aliphatic heterocycles. The number of rotatable bonds is 1. The first-order valence-corrected chi connectivity index (χ1v) is 7.61. The van der Waals surface area contributed by atoms with Gasteiger partial charge < -0.3 is 0 Å². The summed E-state index contributed by atoms with van der Waals surface area (Å²) in [7, 11) is 0. The standard InChI is InChI=1S/C15H18N4S/c1-8-6-10(3)13(7-9(8)2)14-11(4)20-15-17-16-12(5)19(15)18-14/h6-7,11H,1-5H3/t11-/m1/s1. The smallest absolute Gasteiger partial charge is 0.191 e. The zero-order valence-corrected chi connectivity index (χ0v) is 13.2. The van der Waals surface area contributed by atoms with Gasteiger partial charge in [-0.1, -0.05) is 17.8 Å². The number of aromatic nitrogens is 3. The molecule has 4 nitrogen and oxygen atoms in total. The van der Waals surface area contributed by atoms with E-state index in [0.717, 1.165) is 16.7 Å². The average Bonchev–Trinajstić information content (AvgIpc) is 2.74. The number of aryl methyl sites for hydroxylation is 4. The van der Waals surface area contributed by atoms with Crippen LogP contribution in [0.2, 0.25) is 0 Å². The zero-order chi connectivity index (χ0) is 14.4. The molecule has 0 unspecified atom stereocenters. The Morgan fingerprint density at radius 3 is 2.45 bits per heavy atom. The summed E-state index contributed by atoms with van der Waals surface area (Å²) in [6.07, 6.45) is 0. The van der Waals surface area contributed by atoms with Crippen molar-refractivity contribution in [2.75, 3.05) is 0 Å². The molecule has 1 aliphatic rings. The molecule has 1 atom stereocenters. The summed E-state index contributed by atoms with van der Waals surface area (Å²) in [6, 6.07) is 4.48. The molecule has 0 fully saturated rings. The summed E-state index contributed by atoms with van der Waals surface area (Å²) in [5.74, 6) is 0.832. The van der Waals surface area contributed by atoms with Gasteiger partial charge in [-0.2, -0.15) is 9.78 Å². The minimum absolute atomic E-state index is 0.284. The van der Waals surface area contributed by atoms with Crippen LogP contribution < -0.4 is 0 Å². The second-order valence-electron chi connectivity index (χ2n) is 5.34. The van der Waals surface area contributed by atoms with Crippen molar-refractivity contribution in [3.63, 3.8) is 0 Å². The predicted molar refractivity (Wildman–Crippen MR) is 82.7 cm³/mol. The Morgan fingerprint density at radius 2 is 1.70 bits per heavy atom. The van der Waals surface area contributed by atoms with Crippen molar-refractivity contribution in [2.24, 2.45) is 5.10 Å². The largest absolute Gasteiger partial charge is 0.212 e. The zero-order valence-electron chi connectivity index (χ0n) is 12.4. The molecular weight excluding hydrogens is 268 g/mol. The number of hydrogen-bond acceptors (Lipinski definition) is 4. The first-order valence-electron chi connectivity index (χ1n) is 6.73. The van der Waals surface area contributed by atoms with Crippen LogP contribution in [-0.2, 0) is 0 Å². The summed E-state index contributed by atoms with van der Waals surface area (Å²) in [5, 5.41) is 14.2. The molecule has 5 heteroatoms. The fourth-order valence-electron chi connectivity index (χ4n) is 2.44. The third kappa shape index (κ3) is 2.06. The van der Waals surface area contributed by atoms with E-state index < -0.39 is 0 Å². The number of nitrogens with zero attached hydrogens (tertiary/aromatic N) is 4. The molecular formula is C15H18N4S. The molecule has 1 aromatic heterocycles. The van der Waals surface area contributed by atoms with E-state index in [-0.39, 0.29) is 5.25 Å². The quantitative estimate of drug-likeness (QED) is 0.808. The van der Waals surface area contributed by atoms with Gasteiger partial charge in [-0.3, -0.25) is 0 Å². The fraction of sp³-hybridized carbons (Fsp3) is 0.400. The van der Waals surface area contributed by atoms with Crippen molar-refractivity contribution in [3.05, 3.63) is 40.2 Å². The molecule has 20 heavy (non-hydrogen) atoms. The molecule has 2 aromatic rings. The Labute approximate surface area is 123 Å². The molecule has 3 rings (SSSR count).